The Labute approximate surface area is 90.8 Å². The Bertz CT molecular complexity index is 308. The lowest BCUT2D eigenvalue weighted by atomic mass is 10.1. The molecule has 0 atom stereocenters. The Kier molecular flexibility index (Phi) is 3.70. The first-order chi connectivity index (χ1) is 6.49. The second kappa shape index (κ2) is 4.43. The summed E-state index contributed by atoms with van der Waals surface area (Å²) < 4.78 is 26.9. The summed E-state index contributed by atoms with van der Waals surface area (Å²) in [6.07, 6.45) is -0.462. The van der Waals surface area contributed by atoms with Gasteiger partial charge in [-0.3, -0.25) is 0 Å². The van der Waals surface area contributed by atoms with Crippen LogP contribution in [-0.2, 0) is 5.92 Å². The largest absolute Gasteiger partial charge is 0.330 e. The molecule has 14 heavy (non-hydrogen) atoms. The molecule has 78 valence electrons. The van der Waals surface area contributed by atoms with Crippen LogP contribution in [0.1, 0.15) is 12.0 Å². The van der Waals surface area contributed by atoms with Crippen molar-refractivity contribution < 1.29 is 8.78 Å². The van der Waals surface area contributed by atoms with Crippen molar-refractivity contribution in [2.24, 2.45) is 5.73 Å². The highest BCUT2D eigenvalue weighted by atomic mass is 35.5. The maximum Gasteiger partial charge on any atom is 0.277 e. The summed E-state index contributed by atoms with van der Waals surface area (Å²) in [7, 11) is 0. The summed E-state index contributed by atoms with van der Waals surface area (Å²) in [6.45, 7) is -0.117. The Morgan fingerprint density at radius 3 is 2.14 bits per heavy atom. The highest BCUT2D eigenvalue weighted by Gasteiger charge is 2.34. The van der Waals surface area contributed by atoms with Crippen molar-refractivity contribution in [2.45, 2.75) is 12.3 Å². The predicted molar refractivity (Wildman–Crippen MR) is 54.0 cm³/mol. The van der Waals surface area contributed by atoms with Gasteiger partial charge in [-0.2, -0.15) is 0 Å². The van der Waals surface area contributed by atoms with Crippen molar-refractivity contribution in [2.75, 3.05) is 6.54 Å². The van der Waals surface area contributed by atoms with Gasteiger partial charge in [0.1, 0.15) is 0 Å². The van der Waals surface area contributed by atoms with E-state index in [0.29, 0.717) is 0 Å². The lowest BCUT2D eigenvalue weighted by Gasteiger charge is -2.18. The smallest absolute Gasteiger partial charge is 0.277 e. The van der Waals surface area contributed by atoms with Gasteiger partial charge in [-0.25, -0.2) is 8.78 Å². The third kappa shape index (κ3) is 2.35. The molecule has 0 saturated carbocycles. The van der Waals surface area contributed by atoms with Crippen molar-refractivity contribution in [1.29, 1.82) is 0 Å². The molecule has 0 radical (unpaired) electrons. The summed E-state index contributed by atoms with van der Waals surface area (Å²) in [5, 5.41) is -0.0631. The highest BCUT2D eigenvalue weighted by molar-refractivity contribution is 6.36. The van der Waals surface area contributed by atoms with Crippen LogP contribution in [-0.4, -0.2) is 6.54 Å². The molecule has 0 aliphatic carbocycles. The molecule has 0 fully saturated rings. The Morgan fingerprint density at radius 1 is 1.21 bits per heavy atom. The minimum Gasteiger partial charge on any atom is -0.330 e. The van der Waals surface area contributed by atoms with Crippen molar-refractivity contribution in [3.05, 3.63) is 33.8 Å². The Morgan fingerprint density at radius 2 is 1.71 bits per heavy atom. The SMILES string of the molecule is NCCC(F)(F)c1c(Cl)cccc1Cl. The van der Waals surface area contributed by atoms with E-state index in [1.54, 1.807) is 0 Å². The predicted octanol–water partition coefficient (Wildman–Crippen LogP) is 3.43. The van der Waals surface area contributed by atoms with Crippen molar-refractivity contribution in [3.63, 3.8) is 0 Å². The van der Waals surface area contributed by atoms with Crippen LogP contribution in [0.5, 0.6) is 0 Å². The molecule has 0 bridgehead atoms. The zero-order valence-corrected chi connectivity index (χ0v) is 8.75. The molecule has 0 aliphatic heterocycles. The number of halogens is 4. The minimum absolute atomic E-state index is 0.0315. The Hall–Kier alpha value is -0.380. The van der Waals surface area contributed by atoms with Gasteiger partial charge < -0.3 is 5.73 Å². The van der Waals surface area contributed by atoms with Gasteiger partial charge in [0.15, 0.2) is 0 Å². The number of nitrogens with two attached hydrogens (primary N) is 1. The van der Waals surface area contributed by atoms with E-state index in [4.69, 9.17) is 28.9 Å². The van der Waals surface area contributed by atoms with Gasteiger partial charge in [0.25, 0.3) is 5.92 Å². The van der Waals surface area contributed by atoms with Crippen molar-refractivity contribution >= 4 is 23.2 Å². The van der Waals surface area contributed by atoms with E-state index in [1.807, 2.05) is 0 Å². The van der Waals surface area contributed by atoms with Crippen LogP contribution in [0.25, 0.3) is 0 Å². The quantitative estimate of drug-likeness (QED) is 0.860. The fraction of sp³-hybridized carbons (Fsp3) is 0.333. The molecule has 5 heteroatoms. The van der Waals surface area contributed by atoms with E-state index in [0.717, 1.165) is 0 Å². The fourth-order valence-electron chi connectivity index (χ4n) is 1.15. The number of hydrogen-bond donors (Lipinski definition) is 1. The molecule has 1 aromatic carbocycles. The number of rotatable bonds is 3. The van der Waals surface area contributed by atoms with Gasteiger partial charge >= 0.3 is 0 Å². The maximum atomic E-state index is 13.4. The van der Waals surface area contributed by atoms with Gasteiger partial charge in [-0.1, -0.05) is 29.3 Å². The van der Waals surface area contributed by atoms with Crippen LogP contribution in [0.15, 0.2) is 18.2 Å². The van der Waals surface area contributed by atoms with E-state index in [1.165, 1.54) is 18.2 Å². The zero-order valence-electron chi connectivity index (χ0n) is 7.24. The van der Waals surface area contributed by atoms with Crippen LogP contribution in [0.4, 0.5) is 8.78 Å². The zero-order chi connectivity index (χ0) is 10.8. The van der Waals surface area contributed by atoms with Crippen LogP contribution >= 0.6 is 23.2 Å². The lowest BCUT2D eigenvalue weighted by Crippen LogP contribution is -2.19. The molecular formula is C9H9Cl2F2N. The summed E-state index contributed by atoms with van der Waals surface area (Å²) in [6, 6.07) is 4.28. The Balaban J connectivity index is 3.17. The molecule has 2 N–H and O–H groups in total. The summed E-state index contributed by atoms with van der Waals surface area (Å²) in [4.78, 5) is 0. The summed E-state index contributed by atoms with van der Waals surface area (Å²) in [5.41, 5.74) is 4.75. The molecular weight excluding hydrogens is 231 g/mol. The van der Waals surface area contributed by atoms with E-state index >= 15 is 0 Å². The molecule has 1 nitrogen and oxygen atoms in total. The molecule has 0 aliphatic rings. The molecule has 0 unspecified atom stereocenters. The number of alkyl halides is 2. The molecule has 0 saturated heterocycles. The molecule has 1 aromatic rings. The highest BCUT2D eigenvalue weighted by Crippen LogP contribution is 2.40. The van der Waals surface area contributed by atoms with Crippen LogP contribution in [0.2, 0.25) is 10.0 Å². The molecule has 0 amide bonds. The van der Waals surface area contributed by atoms with Gasteiger partial charge in [-0.15, -0.1) is 0 Å². The fourth-order valence-corrected chi connectivity index (χ4v) is 1.83. The van der Waals surface area contributed by atoms with Gasteiger partial charge in [0, 0.05) is 6.42 Å². The van der Waals surface area contributed by atoms with Crippen LogP contribution < -0.4 is 5.73 Å². The van der Waals surface area contributed by atoms with Gasteiger partial charge in [0.05, 0.1) is 15.6 Å². The third-order valence-electron chi connectivity index (χ3n) is 1.79. The van der Waals surface area contributed by atoms with Crippen LogP contribution in [0, 0.1) is 0 Å². The molecule has 0 aromatic heterocycles. The molecule has 1 rings (SSSR count). The van der Waals surface area contributed by atoms with Gasteiger partial charge in [-0.05, 0) is 18.7 Å². The second-order valence-corrected chi connectivity index (χ2v) is 3.65. The average molecular weight is 240 g/mol. The minimum atomic E-state index is -3.07. The first-order valence-electron chi connectivity index (χ1n) is 4.01. The normalized spacial score (nSPS) is 11.8. The first kappa shape index (κ1) is 11.7. The number of benzene rings is 1. The number of hydrogen-bond acceptors (Lipinski definition) is 1. The maximum absolute atomic E-state index is 13.4. The third-order valence-corrected chi connectivity index (χ3v) is 2.42. The monoisotopic (exact) mass is 239 g/mol. The van der Waals surface area contributed by atoms with E-state index in [9.17, 15) is 8.78 Å². The average Bonchev–Trinajstić information content (AvgIpc) is 2.02. The summed E-state index contributed by atoms with van der Waals surface area (Å²) >= 11 is 11.3. The second-order valence-electron chi connectivity index (χ2n) is 2.84. The van der Waals surface area contributed by atoms with E-state index in [-0.39, 0.29) is 22.2 Å². The molecule has 0 heterocycles. The first-order valence-corrected chi connectivity index (χ1v) is 4.77. The van der Waals surface area contributed by atoms with Crippen molar-refractivity contribution in [3.8, 4) is 0 Å². The lowest BCUT2D eigenvalue weighted by molar-refractivity contribution is -0.0104. The summed E-state index contributed by atoms with van der Waals surface area (Å²) in [5.74, 6) is -3.07. The molecule has 0 spiro atoms. The van der Waals surface area contributed by atoms with Crippen LogP contribution in [0.3, 0.4) is 0 Å². The van der Waals surface area contributed by atoms with E-state index in [2.05, 4.69) is 0 Å². The topological polar surface area (TPSA) is 26.0 Å². The van der Waals surface area contributed by atoms with E-state index < -0.39 is 12.3 Å². The van der Waals surface area contributed by atoms with Gasteiger partial charge in [0.2, 0.25) is 0 Å². The van der Waals surface area contributed by atoms with Crippen molar-refractivity contribution in [1.82, 2.24) is 0 Å². The standard InChI is InChI=1S/C9H9Cl2F2N/c10-6-2-1-3-7(11)8(6)9(12,13)4-5-14/h1-3H,4-5,14H2.